The Morgan fingerprint density at radius 3 is 2.33 bits per heavy atom. The van der Waals surface area contributed by atoms with Crippen LogP contribution in [0.4, 0.5) is 20.6 Å². The number of hydrogen-bond acceptors (Lipinski definition) is 9. The third kappa shape index (κ3) is 7.67. The van der Waals surface area contributed by atoms with Crippen LogP contribution in [-0.2, 0) is 26.0 Å². The first kappa shape index (κ1) is 30.1. The van der Waals surface area contributed by atoms with Gasteiger partial charge >= 0.3 is 12.1 Å². The van der Waals surface area contributed by atoms with Crippen LogP contribution in [0, 0.1) is 5.82 Å². The average Bonchev–Trinajstić information content (AvgIpc) is 3.38. The van der Waals surface area contributed by atoms with Crippen molar-refractivity contribution >= 4 is 33.5 Å². The van der Waals surface area contributed by atoms with Gasteiger partial charge in [0, 0.05) is 16.9 Å². The molecule has 0 saturated carbocycles. The van der Waals surface area contributed by atoms with E-state index in [4.69, 9.17) is 15.0 Å². The van der Waals surface area contributed by atoms with Crippen LogP contribution < -0.4 is 15.8 Å². The average molecular weight is 598 g/mol. The van der Waals surface area contributed by atoms with Crippen LogP contribution in [0.2, 0.25) is 0 Å². The van der Waals surface area contributed by atoms with Crippen LogP contribution in [0.15, 0.2) is 76.1 Å². The molecule has 1 heterocycles. The van der Waals surface area contributed by atoms with Crippen LogP contribution in [0.1, 0.15) is 26.3 Å². The minimum atomic E-state index is -4.18. The van der Waals surface area contributed by atoms with Crippen molar-refractivity contribution in [2.24, 2.45) is 0 Å². The number of carbonyl (C=O) groups excluding carboxylic acids is 1. The summed E-state index contributed by atoms with van der Waals surface area (Å²) < 4.78 is 53.0. The zero-order valence-corrected chi connectivity index (χ0v) is 23.6. The summed E-state index contributed by atoms with van der Waals surface area (Å²) in [4.78, 5) is 27.8. The SMILES string of the molecule is CC(C)(C)OC(=O)Nc1ccc(-c2nc(-c3ccc(CC(NS(=O)(=O)c4ccc(N)cc4)C(=O)O)cc3F)no2)cc1. The van der Waals surface area contributed by atoms with Crippen molar-refractivity contribution in [1.82, 2.24) is 14.9 Å². The Morgan fingerprint density at radius 1 is 1.07 bits per heavy atom. The van der Waals surface area contributed by atoms with Crippen molar-refractivity contribution in [2.45, 2.75) is 43.7 Å². The Labute approximate surface area is 240 Å². The van der Waals surface area contributed by atoms with Gasteiger partial charge in [-0.05, 0) is 93.4 Å². The smallest absolute Gasteiger partial charge is 0.412 e. The van der Waals surface area contributed by atoms with Crippen LogP contribution in [0.5, 0.6) is 0 Å². The maximum atomic E-state index is 15.1. The second-order valence-electron chi connectivity index (χ2n) is 10.2. The number of nitrogen functional groups attached to an aromatic ring is 1. The zero-order chi connectivity index (χ0) is 30.7. The second-order valence-corrected chi connectivity index (χ2v) is 11.9. The normalized spacial score (nSPS) is 12.5. The summed E-state index contributed by atoms with van der Waals surface area (Å²) in [7, 11) is -4.18. The number of carboxylic acid groups (broad SMARTS) is 1. The van der Waals surface area contributed by atoms with Crippen molar-refractivity contribution in [3.8, 4) is 22.8 Å². The van der Waals surface area contributed by atoms with Gasteiger partial charge in [0.05, 0.1) is 10.5 Å². The molecule has 0 saturated heterocycles. The maximum absolute atomic E-state index is 15.1. The molecule has 0 bridgehead atoms. The van der Waals surface area contributed by atoms with Crippen molar-refractivity contribution in [3.63, 3.8) is 0 Å². The van der Waals surface area contributed by atoms with Gasteiger partial charge in [-0.3, -0.25) is 10.1 Å². The van der Waals surface area contributed by atoms with E-state index in [0.717, 1.165) is 6.07 Å². The summed E-state index contributed by atoms with van der Waals surface area (Å²) in [5.74, 6) is -2.15. The number of aromatic nitrogens is 2. The number of hydrogen-bond donors (Lipinski definition) is 4. The molecule has 1 amide bonds. The molecule has 1 aromatic heterocycles. The molecule has 0 aliphatic carbocycles. The molecule has 220 valence electrons. The molecule has 14 heteroatoms. The summed E-state index contributed by atoms with van der Waals surface area (Å²) in [6.45, 7) is 5.25. The molecule has 1 unspecified atom stereocenters. The van der Waals surface area contributed by atoms with Gasteiger partial charge in [0.25, 0.3) is 5.89 Å². The number of sulfonamides is 1. The van der Waals surface area contributed by atoms with Crippen LogP contribution in [0.25, 0.3) is 22.8 Å². The lowest BCUT2D eigenvalue weighted by molar-refractivity contribution is -0.138. The number of nitrogens with two attached hydrogens (primary N) is 1. The highest BCUT2D eigenvalue weighted by Crippen LogP contribution is 2.26. The Balaban J connectivity index is 1.45. The number of ether oxygens (including phenoxy) is 1. The number of carbonyl (C=O) groups is 2. The standard InChI is InChI=1S/C28H28FN5O7S/c1-28(2,3)40-27(37)31-19-9-5-17(6-10-19)25-32-24(33-41-25)21-13-4-16(14-22(21)29)15-23(26(35)36)34-42(38,39)20-11-7-18(30)8-12-20/h4-14,23,34H,15,30H2,1-3H3,(H,31,37)(H,35,36). The predicted octanol–water partition coefficient (Wildman–Crippen LogP) is 4.45. The number of carboxylic acids is 1. The first-order valence-electron chi connectivity index (χ1n) is 12.5. The molecular formula is C28H28FN5O7S. The first-order chi connectivity index (χ1) is 19.7. The number of amides is 1. The lowest BCUT2D eigenvalue weighted by Gasteiger charge is -2.19. The highest BCUT2D eigenvalue weighted by Gasteiger charge is 2.26. The van der Waals surface area contributed by atoms with E-state index in [1.807, 2.05) is 0 Å². The third-order valence-electron chi connectivity index (χ3n) is 5.70. The molecule has 0 aliphatic heterocycles. The summed E-state index contributed by atoms with van der Waals surface area (Å²) in [5.41, 5.74) is 6.48. The van der Waals surface area contributed by atoms with Crippen molar-refractivity contribution in [2.75, 3.05) is 11.1 Å². The zero-order valence-electron chi connectivity index (χ0n) is 22.8. The highest BCUT2D eigenvalue weighted by atomic mass is 32.2. The van der Waals surface area contributed by atoms with E-state index in [1.165, 1.54) is 36.4 Å². The number of halogens is 1. The molecule has 1 atom stereocenters. The Kier molecular flexibility index (Phi) is 8.59. The van der Waals surface area contributed by atoms with Gasteiger partial charge in [-0.2, -0.15) is 9.71 Å². The first-order valence-corrected chi connectivity index (χ1v) is 14.0. The Bertz CT molecular complexity index is 1700. The predicted molar refractivity (Wildman–Crippen MR) is 151 cm³/mol. The minimum Gasteiger partial charge on any atom is -0.480 e. The van der Waals surface area contributed by atoms with Gasteiger partial charge in [-0.15, -0.1) is 0 Å². The van der Waals surface area contributed by atoms with Gasteiger partial charge in [-0.25, -0.2) is 17.6 Å². The maximum Gasteiger partial charge on any atom is 0.412 e. The van der Waals surface area contributed by atoms with Gasteiger partial charge in [0.1, 0.15) is 17.5 Å². The molecule has 42 heavy (non-hydrogen) atoms. The van der Waals surface area contributed by atoms with E-state index < -0.39 is 39.5 Å². The minimum absolute atomic E-state index is 0.00806. The molecule has 12 nitrogen and oxygen atoms in total. The topological polar surface area (TPSA) is 187 Å². The fraction of sp³-hybridized carbons (Fsp3) is 0.214. The van der Waals surface area contributed by atoms with Gasteiger partial charge in [0.15, 0.2) is 0 Å². The van der Waals surface area contributed by atoms with E-state index in [1.54, 1.807) is 45.0 Å². The largest absolute Gasteiger partial charge is 0.480 e. The molecule has 4 rings (SSSR count). The van der Waals surface area contributed by atoms with Crippen molar-refractivity contribution in [1.29, 1.82) is 0 Å². The number of anilines is 2. The van der Waals surface area contributed by atoms with Crippen LogP contribution in [-0.4, -0.2) is 47.4 Å². The highest BCUT2D eigenvalue weighted by molar-refractivity contribution is 7.89. The third-order valence-corrected chi connectivity index (χ3v) is 7.19. The molecule has 5 N–H and O–H groups in total. The number of nitrogens with one attached hydrogen (secondary N) is 2. The number of benzene rings is 3. The fourth-order valence-corrected chi connectivity index (χ4v) is 4.94. The summed E-state index contributed by atoms with van der Waals surface area (Å²) >= 11 is 0. The molecule has 0 aliphatic rings. The molecular weight excluding hydrogens is 569 g/mol. The molecule has 0 fully saturated rings. The number of rotatable bonds is 9. The number of aliphatic carboxylic acids is 1. The summed E-state index contributed by atoms with van der Waals surface area (Å²) in [5, 5.41) is 16.0. The Morgan fingerprint density at radius 2 is 1.74 bits per heavy atom. The Hall–Kier alpha value is -4.82. The van der Waals surface area contributed by atoms with E-state index in [-0.39, 0.29) is 34.2 Å². The van der Waals surface area contributed by atoms with Crippen molar-refractivity contribution in [3.05, 3.63) is 78.1 Å². The van der Waals surface area contributed by atoms with Gasteiger partial charge in [-0.1, -0.05) is 11.2 Å². The molecule has 0 radical (unpaired) electrons. The van der Waals surface area contributed by atoms with Crippen molar-refractivity contribution < 1.29 is 36.8 Å². The van der Waals surface area contributed by atoms with E-state index >= 15 is 4.39 Å². The van der Waals surface area contributed by atoms with E-state index in [9.17, 15) is 23.1 Å². The monoisotopic (exact) mass is 597 g/mol. The summed E-state index contributed by atoms with van der Waals surface area (Å²) in [6.07, 6.45) is -0.940. The molecule has 0 spiro atoms. The van der Waals surface area contributed by atoms with Crippen LogP contribution in [0.3, 0.4) is 0 Å². The quantitative estimate of drug-likeness (QED) is 0.201. The van der Waals surface area contributed by atoms with Crippen LogP contribution >= 0.6 is 0 Å². The van der Waals surface area contributed by atoms with E-state index in [2.05, 4.69) is 20.2 Å². The van der Waals surface area contributed by atoms with E-state index in [0.29, 0.717) is 16.9 Å². The van der Waals surface area contributed by atoms with Gasteiger partial charge in [0.2, 0.25) is 15.8 Å². The lowest BCUT2D eigenvalue weighted by atomic mass is 10.0. The fourth-order valence-electron chi connectivity index (χ4n) is 3.75. The lowest BCUT2D eigenvalue weighted by Crippen LogP contribution is -2.42. The number of nitrogens with zero attached hydrogens (tertiary/aromatic N) is 2. The second kappa shape index (κ2) is 12.0. The summed E-state index contributed by atoms with van der Waals surface area (Å²) in [6, 6.07) is 14.0. The molecule has 4 aromatic rings. The molecule has 3 aromatic carbocycles. The van der Waals surface area contributed by atoms with Gasteiger partial charge < -0.3 is 20.1 Å².